The highest BCUT2D eigenvalue weighted by molar-refractivity contribution is 7.52. The van der Waals surface area contributed by atoms with Gasteiger partial charge < -0.3 is 34.7 Å². The molecule has 0 aliphatic carbocycles. The zero-order chi connectivity index (χ0) is 31.6. The van der Waals surface area contributed by atoms with Gasteiger partial charge in [0, 0.05) is 0 Å². The Hall–Kier alpha value is -3.33. The monoisotopic (exact) mass is 622 g/mol. The lowest BCUT2D eigenvalue weighted by atomic mass is 9.86. The van der Waals surface area contributed by atoms with E-state index in [-0.39, 0.29) is 40.8 Å². The number of nitrogens with two attached hydrogens (primary N) is 1. The van der Waals surface area contributed by atoms with Crippen LogP contribution in [0.25, 0.3) is 11.2 Å². The Balaban J connectivity index is 1.56. The fourth-order valence-corrected chi connectivity index (χ4v) is 5.76. The molecular weight excluding hydrogens is 583 g/mol. The van der Waals surface area contributed by atoms with E-state index in [9.17, 15) is 19.6 Å². The molecule has 0 bridgehead atoms. The van der Waals surface area contributed by atoms with Crippen LogP contribution >= 0.6 is 7.75 Å². The van der Waals surface area contributed by atoms with Crippen molar-refractivity contribution in [1.29, 1.82) is 0 Å². The van der Waals surface area contributed by atoms with Crippen LogP contribution < -0.4 is 20.1 Å². The molecule has 0 radical (unpaired) electrons. The summed E-state index contributed by atoms with van der Waals surface area (Å²) in [6.45, 7) is 9.55. The molecule has 0 amide bonds. The molecule has 43 heavy (non-hydrogen) atoms. The molecule has 3 unspecified atom stereocenters. The first kappa shape index (κ1) is 32.6. The van der Waals surface area contributed by atoms with Crippen LogP contribution in [-0.2, 0) is 23.4 Å². The third-order valence-electron chi connectivity index (χ3n) is 6.64. The van der Waals surface area contributed by atoms with Crippen LogP contribution in [0.5, 0.6) is 11.6 Å². The van der Waals surface area contributed by atoms with Crippen molar-refractivity contribution in [3.63, 3.8) is 0 Å². The molecule has 3 heterocycles. The van der Waals surface area contributed by atoms with E-state index in [1.807, 2.05) is 20.8 Å². The maximum absolute atomic E-state index is 14.0. The molecule has 5 N–H and O–H groups in total. The van der Waals surface area contributed by atoms with Gasteiger partial charge in [-0.25, -0.2) is 9.55 Å². The standard InChI is InChI=1S/C27H39N6O9P/c1-7-38-21-19-20(30-24(28)31-21)33(16-29-19)23-26(6,35)27(36,14-40-23)15-41-43(37,42-18-11-9-8-10-12-18)32-17(2)22(34)39-13-25(3,4)5/h8-12,16-17,23,35-36H,7,13-15H2,1-6H3,(H,32,37)(H2,28,30,31)/t17?,23-,26+,27?,43?/m1/s1. The van der Waals surface area contributed by atoms with E-state index in [0.717, 1.165) is 0 Å². The van der Waals surface area contributed by atoms with E-state index >= 15 is 0 Å². The minimum absolute atomic E-state index is 0.0887. The van der Waals surface area contributed by atoms with Crippen LogP contribution in [0, 0.1) is 5.41 Å². The van der Waals surface area contributed by atoms with Gasteiger partial charge in [-0.1, -0.05) is 39.0 Å². The van der Waals surface area contributed by atoms with E-state index in [0.29, 0.717) is 6.61 Å². The van der Waals surface area contributed by atoms with E-state index in [1.165, 1.54) is 24.7 Å². The maximum Gasteiger partial charge on any atom is 0.459 e. The number of hydrogen-bond donors (Lipinski definition) is 4. The SMILES string of the molecule is CCOc1nc(N)nc2c1ncn2[C@@H]1OCC(O)(COP(=O)(NC(C)C(=O)OCC(C)(C)C)Oc2ccccc2)[C@@]1(C)O. The highest BCUT2D eigenvalue weighted by Crippen LogP contribution is 2.49. The summed E-state index contributed by atoms with van der Waals surface area (Å²) in [5.74, 6) is -0.431. The van der Waals surface area contributed by atoms with Crippen molar-refractivity contribution in [2.24, 2.45) is 5.41 Å². The van der Waals surface area contributed by atoms with Crippen LogP contribution in [0.4, 0.5) is 5.95 Å². The molecule has 1 aliphatic heterocycles. The molecule has 5 atom stereocenters. The minimum atomic E-state index is -4.36. The number of nitrogen functional groups attached to an aromatic ring is 1. The van der Waals surface area contributed by atoms with Crippen molar-refractivity contribution in [2.45, 2.75) is 65.0 Å². The highest BCUT2D eigenvalue weighted by Gasteiger charge is 2.60. The second-order valence-electron chi connectivity index (χ2n) is 11.7. The number of anilines is 1. The number of hydrogen-bond acceptors (Lipinski definition) is 13. The summed E-state index contributed by atoms with van der Waals surface area (Å²) in [6, 6.07) is 7.06. The third kappa shape index (κ3) is 7.25. The zero-order valence-corrected chi connectivity index (χ0v) is 25.9. The first-order chi connectivity index (χ1) is 20.1. The van der Waals surface area contributed by atoms with E-state index in [1.54, 1.807) is 37.3 Å². The Morgan fingerprint density at radius 1 is 1.28 bits per heavy atom. The second kappa shape index (κ2) is 12.3. The highest BCUT2D eigenvalue weighted by atomic mass is 31.2. The zero-order valence-electron chi connectivity index (χ0n) is 25.0. The van der Waals surface area contributed by atoms with Crippen molar-refractivity contribution in [2.75, 3.05) is 32.2 Å². The molecule has 0 saturated carbocycles. The molecule has 16 heteroatoms. The number of ether oxygens (including phenoxy) is 3. The number of aliphatic hydroxyl groups is 2. The van der Waals surface area contributed by atoms with Crippen LogP contribution in [-0.4, -0.2) is 79.4 Å². The summed E-state index contributed by atoms with van der Waals surface area (Å²) in [5.41, 5.74) is 1.91. The molecule has 0 spiro atoms. The predicted molar refractivity (Wildman–Crippen MR) is 155 cm³/mol. The van der Waals surface area contributed by atoms with Crippen LogP contribution in [0.2, 0.25) is 0 Å². The Labute approximate surface area is 249 Å². The van der Waals surface area contributed by atoms with E-state index < -0.39 is 50.4 Å². The number of fused-ring (bicyclic) bond motifs is 1. The van der Waals surface area contributed by atoms with Crippen LogP contribution in [0.3, 0.4) is 0 Å². The summed E-state index contributed by atoms with van der Waals surface area (Å²) in [6.07, 6.45) is 0.131. The number of imidazole rings is 1. The summed E-state index contributed by atoms with van der Waals surface area (Å²) in [4.78, 5) is 25.2. The lowest BCUT2D eigenvalue weighted by Gasteiger charge is -2.36. The third-order valence-corrected chi connectivity index (χ3v) is 8.26. The molecule has 2 aromatic heterocycles. The Morgan fingerprint density at radius 2 is 1.98 bits per heavy atom. The van der Waals surface area contributed by atoms with Gasteiger partial charge in [-0.05, 0) is 38.3 Å². The number of benzene rings is 1. The lowest BCUT2D eigenvalue weighted by Crippen LogP contribution is -2.56. The molecule has 1 fully saturated rings. The fraction of sp³-hybridized carbons (Fsp3) is 0.556. The average Bonchev–Trinajstić information content (AvgIpc) is 3.43. The number of para-hydroxylation sites is 1. The van der Waals surface area contributed by atoms with Gasteiger partial charge in [0.1, 0.15) is 23.0 Å². The Bertz CT molecular complexity index is 1480. The van der Waals surface area contributed by atoms with E-state index in [2.05, 4.69) is 20.0 Å². The number of rotatable bonds is 12. The van der Waals surface area contributed by atoms with Crippen molar-refractivity contribution in [3.8, 4) is 11.6 Å². The van der Waals surface area contributed by atoms with Crippen LogP contribution in [0.15, 0.2) is 36.7 Å². The number of esters is 1. The number of nitrogens with one attached hydrogen (secondary N) is 1. The van der Waals surface area contributed by atoms with Crippen LogP contribution in [0.1, 0.15) is 47.8 Å². The van der Waals surface area contributed by atoms with Crippen molar-refractivity contribution in [3.05, 3.63) is 36.7 Å². The normalized spacial score (nSPS) is 24.4. The second-order valence-corrected chi connectivity index (χ2v) is 13.4. The molecular formula is C27H39N6O9P. The van der Waals surface area contributed by atoms with Crippen molar-refractivity contribution < 1.29 is 42.8 Å². The number of carbonyl (C=O) groups is 1. The van der Waals surface area contributed by atoms with Gasteiger partial charge in [-0.2, -0.15) is 15.1 Å². The molecule has 4 rings (SSSR count). The van der Waals surface area contributed by atoms with Gasteiger partial charge in [0.25, 0.3) is 0 Å². The Morgan fingerprint density at radius 3 is 2.63 bits per heavy atom. The van der Waals surface area contributed by atoms with Gasteiger partial charge in [0.15, 0.2) is 17.4 Å². The molecule has 236 valence electrons. The van der Waals surface area contributed by atoms with Gasteiger partial charge >= 0.3 is 13.7 Å². The average molecular weight is 623 g/mol. The first-order valence-corrected chi connectivity index (χ1v) is 15.2. The Kier molecular flexibility index (Phi) is 9.35. The predicted octanol–water partition coefficient (Wildman–Crippen LogP) is 2.59. The minimum Gasteiger partial charge on any atom is -0.476 e. The summed E-state index contributed by atoms with van der Waals surface area (Å²) in [7, 11) is -4.36. The molecule has 15 nitrogen and oxygen atoms in total. The number of aromatic nitrogens is 4. The van der Waals surface area contributed by atoms with Gasteiger partial charge in [-0.15, -0.1) is 0 Å². The molecule has 1 saturated heterocycles. The van der Waals surface area contributed by atoms with Gasteiger partial charge in [-0.3, -0.25) is 13.9 Å². The maximum atomic E-state index is 14.0. The van der Waals surface area contributed by atoms with Gasteiger partial charge in [0.2, 0.25) is 11.8 Å². The largest absolute Gasteiger partial charge is 0.476 e. The van der Waals surface area contributed by atoms with Crippen molar-refractivity contribution >= 4 is 30.8 Å². The molecule has 1 aromatic carbocycles. The fourth-order valence-electron chi connectivity index (χ4n) is 4.21. The van der Waals surface area contributed by atoms with Crippen molar-refractivity contribution in [1.82, 2.24) is 24.6 Å². The summed E-state index contributed by atoms with van der Waals surface area (Å²) in [5, 5.41) is 25.8. The first-order valence-electron chi connectivity index (χ1n) is 13.7. The number of nitrogens with zero attached hydrogens (tertiary/aromatic N) is 4. The lowest BCUT2D eigenvalue weighted by molar-refractivity contribution is -0.152. The molecule has 1 aliphatic rings. The summed E-state index contributed by atoms with van der Waals surface area (Å²) >= 11 is 0. The van der Waals surface area contributed by atoms with Gasteiger partial charge in [0.05, 0.1) is 32.8 Å². The van der Waals surface area contributed by atoms with E-state index in [4.69, 9.17) is 29.0 Å². The smallest absolute Gasteiger partial charge is 0.459 e. The quantitative estimate of drug-likeness (QED) is 0.169. The molecule has 3 aromatic rings. The number of carbonyl (C=O) groups excluding carboxylic acids is 1. The topological polar surface area (TPSA) is 202 Å². The summed E-state index contributed by atoms with van der Waals surface area (Å²) < 4.78 is 43.4.